The van der Waals surface area contributed by atoms with Crippen molar-refractivity contribution < 1.29 is 14.3 Å². The fraction of sp³-hybridized carbons (Fsp3) is 0.462. The molecule has 0 saturated carbocycles. The van der Waals surface area contributed by atoms with Crippen LogP contribution in [0.1, 0.15) is 30.5 Å². The largest absolute Gasteiger partial charge is 0.493 e. The molecule has 1 atom stereocenters. The van der Waals surface area contributed by atoms with Crippen molar-refractivity contribution in [1.29, 1.82) is 0 Å². The van der Waals surface area contributed by atoms with Crippen LogP contribution in [-0.4, -0.2) is 19.7 Å². The number of aryl methyl sites for hydroxylation is 1. The second kappa shape index (κ2) is 6.25. The van der Waals surface area contributed by atoms with Crippen molar-refractivity contribution in [1.82, 2.24) is 0 Å². The summed E-state index contributed by atoms with van der Waals surface area (Å²) >= 11 is 0. The van der Waals surface area contributed by atoms with Crippen LogP contribution in [-0.2, 0) is 9.53 Å². The molecule has 0 aliphatic rings. The van der Waals surface area contributed by atoms with Crippen LogP contribution in [0.2, 0.25) is 0 Å². The molecule has 17 heavy (non-hydrogen) atoms. The Morgan fingerprint density at radius 3 is 2.76 bits per heavy atom. The van der Waals surface area contributed by atoms with Crippen molar-refractivity contribution in [2.45, 2.75) is 26.3 Å². The van der Waals surface area contributed by atoms with E-state index >= 15 is 0 Å². The molecule has 2 N–H and O–H groups in total. The number of ether oxygens (including phenoxy) is 2. The molecule has 0 aromatic heterocycles. The maximum atomic E-state index is 11.0. The molecule has 0 saturated heterocycles. The molecule has 0 amide bonds. The maximum absolute atomic E-state index is 11.0. The van der Waals surface area contributed by atoms with Crippen LogP contribution in [0.3, 0.4) is 0 Å². The van der Waals surface area contributed by atoms with Crippen molar-refractivity contribution in [3.63, 3.8) is 0 Å². The molecule has 1 rings (SSSR count). The minimum absolute atomic E-state index is 0.0938. The third kappa shape index (κ3) is 4.07. The molecule has 1 unspecified atom stereocenters. The normalized spacial score (nSPS) is 12.0. The van der Waals surface area contributed by atoms with Crippen molar-refractivity contribution in [2.75, 3.05) is 13.7 Å². The van der Waals surface area contributed by atoms with Crippen LogP contribution in [0.25, 0.3) is 0 Å². The van der Waals surface area contributed by atoms with Gasteiger partial charge in [-0.2, -0.15) is 0 Å². The van der Waals surface area contributed by atoms with E-state index in [2.05, 4.69) is 4.74 Å². The number of benzene rings is 1. The van der Waals surface area contributed by atoms with Crippen molar-refractivity contribution in [2.24, 2.45) is 5.73 Å². The number of carbonyl (C=O) groups is 1. The summed E-state index contributed by atoms with van der Waals surface area (Å²) in [6.45, 7) is 4.19. The van der Waals surface area contributed by atoms with Crippen molar-refractivity contribution in [3.8, 4) is 5.75 Å². The summed E-state index contributed by atoms with van der Waals surface area (Å²) < 4.78 is 10.1. The van der Waals surface area contributed by atoms with Crippen molar-refractivity contribution >= 4 is 5.97 Å². The van der Waals surface area contributed by atoms with E-state index in [1.54, 1.807) is 0 Å². The molecule has 1 aromatic carbocycles. The SMILES string of the molecule is COC(=O)CCOc1cc(C)ccc1C(C)N. The lowest BCUT2D eigenvalue weighted by Gasteiger charge is -2.14. The Hall–Kier alpha value is -1.55. The van der Waals surface area contributed by atoms with E-state index in [-0.39, 0.29) is 18.4 Å². The molecule has 0 aliphatic carbocycles. The average Bonchev–Trinajstić information content (AvgIpc) is 2.28. The van der Waals surface area contributed by atoms with Crippen LogP contribution in [0.4, 0.5) is 0 Å². The van der Waals surface area contributed by atoms with Gasteiger partial charge in [-0.05, 0) is 25.5 Å². The lowest BCUT2D eigenvalue weighted by molar-refractivity contribution is -0.141. The Morgan fingerprint density at radius 1 is 1.47 bits per heavy atom. The highest BCUT2D eigenvalue weighted by atomic mass is 16.5. The summed E-state index contributed by atoms with van der Waals surface area (Å²) in [4.78, 5) is 11.0. The number of carbonyl (C=O) groups excluding carboxylic acids is 1. The predicted octanol–water partition coefficient (Wildman–Crippen LogP) is 1.96. The van der Waals surface area contributed by atoms with Gasteiger partial charge in [0, 0.05) is 11.6 Å². The molecule has 94 valence electrons. The van der Waals surface area contributed by atoms with Crippen LogP contribution >= 0.6 is 0 Å². The van der Waals surface area contributed by atoms with Crippen molar-refractivity contribution in [3.05, 3.63) is 29.3 Å². The highest BCUT2D eigenvalue weighted by Crippen LogP contribution is 2.25. The van der Waals surface area contributed by atoms with Gasteiger partial charge in [0.1, 0.15) is 5.75 Å². The predicted molar refractivity (Wildman–Crippen MR) is 65.9 cm³/mol. The van der Waals surface area contributed by atoms with E-state index in [1.807, 2.05) is 32.0 Å². The van der Waals surface area contributed by atoms with Gasteiger partial charge in [-0.15, -0.1) is 0 Å². The second-order valence-electron chi connectivity index (χ2n) is 4.00. The van der Waals surface area contributed by atoms with E-state index in [4.69, 9.17) is 10.5 Å². The van der Waals surface area contributed by atoms with E-state index in [1.165, 1.54) is 7.11 Å². The quantitative estimate of drug-likeness (QED) is 0.795. The zero-order valence-corrected chi connectivity index (χ0v) is 10.5. The van der Waals surface area contributed by atoms with Gasteiger partial charge in [-0.1, -0.05) is 12.1 Å². The van der Waals surface area contributed by atoms with Gasteiger partial charge in [0.25, 0.3) is 0 Å². The standard InChI is InChI=1S/C13H19NO3/c1-9-4-5-11(10(2)14)12(8-9)17-7-6-13(15)16-3/h4-5,8,10H,6-7,14H2,1-3H3. The van der Waals surface area contributed by atoms with Gasteiger partial charge in [0.2, 0.25) is 0 Å². The first-order chi connectivity index (χ1) is 8.04. The van der Waals surface area contributed by atoms with E-state index in [9.17, 15) is 4.79 Å². The molecule has 0 bridgehead atoms. The number of esters is 1. The molecule has 0 aliphatic heterocycles. The van der Waals surface area contributed by atoms with Gasteiger partial charge in [-0.3, -0.25) is 4.79 Å². The monoisotopic (exact) mass is 237 g/mol. The van der Waals surface area contributed by atoms with E-state index in [0.29, 0.717) is 6.61 Å². The lowest BCUT2D eigenvalue weighted by atomic mass is 10.1. The summed E-state index contributed by atoms with van der Waals surface area (Å²) in [5.41, 5.74) is 7.90. The van der Waals surface area contributed by atoms with Crippen LogP contribution in [0.5, 0.6) is 5.75 Å². The summed E-state index contributed by atoms with van der Waals surface area (Å²) in [5.74, 6) is 0.462. The zero-order chi connectivity index (χ0) is 12.8. The molecular formula is C13H19NO3. The summed E-state index contributed by atoms with van der Waals surface area (Å²) in [5, 5.41) is 0. The smallest absolute Gasteiger partial charge is 0.308 e. The van der Waals surface area contributed by atoms with Gasteiger partial charge in [-0.25, -0.2) is 0 Å². The number of methoxy groups -OCH3 is 1. The van der Waals surface area contributed by atoms with E-state index in [0.717, 1.165) is 16.9 Å². The maximum Gasteiger partial charge on any atom is 0.308 e. The fourth-order valence-corrected chi connectivity index (χ4v) is 1.49. The Morgan fingerprint density at radius 2 is 2.18 bits per heavy atom. The molecular weight excluding hydrogens is 218 g/mol. The lowest BCUT2D eigenvalue weighted by Crippen LogP contribution is -2.11. The zero-order valence-electron chi connectivity index (χ0n) is 10.5. The van der Waals surface area contributed by atoms with Gasteiger partial charge in [0.15, 0.2) is 0 Å². The Labute approximate surface area is 102 Å². The minimum atomic E-state index is -0.278. The first kappa shape index (κ1) is 13.5. The Kier molecular flexibility index (Phi) is 4.97. The highest BCUT2D eigenvalue weighted by molar-refractivity contribution is 5.69. The Balaban J connectivity index is 2.68. The number of hydrogen-bond acceptors (Lipinski definition) is 4. The average molecular weight is 237 g/mol. The number of hydrogen-bond donors (Lipinski definition) is 1. The third-order valence-corrected chi connectivity index (χ3v) is 2.45. The van der Waals surface area contributed by atoms with Gasteiger partial charge in [0.05, 0.1) is 20.1 Å². The summed E-state index contributed by atoms with van der Waals surface area (Å²) in [6, 6.07) is 5.78. The van der Waals surface area contributed by atoms with Crippen LogP contribution in [0.15, 0.2) is 18.2 Å². The topological polar surface area (TPSA) is 61.5 Å². The first-order valence-electron chi connectivity index (χ1n) is 5.60. The highest BCUT2D eigenvalue weighted by Gasteiger charge is 2.09. The third-order valence-electron chi connectivity index (χ3n) is 2.45. The Bertz CT molecular complexity index is 388. The minimum Gasteiger partial charge on any atom is -0.493 e. The number of nitrogens with two attached hydrogens (primary N) is 1. The first-order valence-corrected chi connectivity index (χ1v) is 5.60. The molecule has 4 heteroatoms. The molecule has 0 spiro atoms. The molecule has 0 heterocycles. The number of rotatable bonds is 5. The van der Waals surface area contributed by atoms with Crippen LogP contribution < -0.4 is 10.5 Å². The summed E-state index contributed by atoms with van der Waals surface area (Å²) in [6.07, 6.45) is 0.239. The van der Waals surface area contributed by atoms with E-state index < -0.39 is 0 Å². The summed E-state index contributed by atoms with van der Waals surface area (Å²) in [7, 11) is 1.36. The van der Waals surface area contributed by atoms with Gasteiger partial charge >= 0.3 is 5.97 Å². The molecule has 4 nitrogen and oxygen atoms in total. The fourth-order valence-electron chi connectivity index (χ4n) is 1.49. The molecule has 1 aromatic rings. The molecule has 0 fully saturated rings. The van der Waals surface area contributed by atoms with Crippen LogP contribution in [0, 0.1) is 6.92 Å². The second-order valence-corrected chi connectivity index (χ2v) is 4.00. The van der Waals surface area contributed by atoms with Gasteiger partial charge < -0.3 is 15.2 Å². The molecule has 0 radical (unpaired) electrons.